The first kappa shape index (κ1) is 12.7. The summed E-state index contributed by atoms with van der Waals surface area (Å²) in [6.45, 7) is 4.19. The Hall–Kier alpha value is -1.35. The summed E-state index contributed by atoms with van der Waals surface area (Å²) in [6.07, 6.45) is 0. The van der Waals surface area contributed by atoms with Crippen LogP contribution in [-0.2, 0) is 9.53 Å². The molecule has 3 nitrogen and oxygen atoms in total. The number of ether oxygens (including phenoxy) is 1. The molecule has 1 amide bonds. The van der Waals surface area contributed by atoms with Crippen molar-refractivity contribution in [1.29, 1.82) is 0 Å². The minimum atomic E-state index is -0.00410. The zero-order valence-electron chi connectivity index (χ0n) is 10.4. The molecular formula is C13H19NO2. The van der Waals surface area contributed by atoms with Crippen molar-refractivity contribution in [3.63, 3.8) is 0 Å². The number of carbonyl (C=O) groups excluding carboxylic acids is 1. The van der Waals surface area contributed by atoms with Gasteiger partial charge in [0.15, 0.2) is 0 Å². The lowest BCUT2D eigenvalue weighted by Gasteiger charge is -2.25. The number of methoxy groups -OCH3 is 1. The molecule has 0 heterocycles. The highest BCUT2D eigenvalue weighted by molar-refractivity contribution is 5.77. The fourth-order valence-corrected chi connectivity index (χ4v) is 1.51. The molecule has 0 spiro atoms. The molecule has 16 heavy (non-hydrogen) atoms. The maximum absolute atomic E-state index is 11.6. The molecule has 1 aromatic carbocycles. The lowest BCUT2D eigenvalue weighted by Crippen LogP contribution is -2.32. The van der Waals surface area contributed by atoms with Crippen LogP contribution in [0.5, 0.6) is 0 Å². The number of carbonyl (C=O) groups is 1. The van der Waals surface area contributed by atoms with Crippen molar-refractivity contribution in [2.45, 2.75) is 19.9 Å². The maximum Gasteiger partial charge on any atom is 0.248 e. The lowest BCUT2D eigenvalue weighted by atomic mass is 10.1. The van der Waals surface area contributed by atoms with Crippen LogP contribution in [0, 0.1) is 6.92 Å². The zero-order chi connectivity index (χ0) is 12.1. The number of likely N-dealkylation sites (N-methyl/N-ethyl adjacent to an activating group) is 1. The SMILES string of the molecule is COCC(=O)N(C)C(C)c1ccc(C)cc1. The predicted octanol–water partition coefficient (Wildman–Crippen LogP) is 2.16. The molecule has 0 N–H and O–H groups in total. The Labute approximate surface area is 97.0 Å². The average Bonchev–Trinajstić information content (AvgIpc) is 2.28. The molecule has 0 aliphatic heterocycles. The molecule has 1 atom stereocenters. The van der Waals surface area contributed by atoms with Gasteiger partial charge in [-0.15, -0.1) is 0 Å². The van der Waals surface area contributed by atoms with Gasteiger partial charge in [0.1, 0.15) is 6.61 Å². The molecular weight excluding hydrogens is 202 g/mol. The first-order valence-corrected chi connectivity index (χ1v) is 5.37. The highest BCUT2D eigenvalue weighted by atomic mass is 16.5. The predicted molar refractivity (Wildman–Crippen MR) is 64.2 cm³/mol. The van der Waals surface area contributed by atoms with Crippen LogP contribution in [0.1, 0.15) is 24.1 Å². The van der Waals surface area contributed by atoms with Gasteiger partial charge in [-0.1, -0.05) is 29.8 Å². The molecule has 1 unspecified atom stereocenters. The van der Waals surface area contributed by atoms with Crippen molar-refractivity contribution >= 4 is 5.91 Å². The second-order valence-corrected chi connectivity index (χ2v) is 4.02. The third-order valence-electron chi connectivity index (χ3n) is 2.80. The maximum atomic E-state index is 11.6. The number of amides is 1. The summed E-state index contributed by atoms with van der Waals surface area (Å²) in [4.78, 5) is 13.3. The van der Waals surface area contributed by atoms with E-state index < -0.39 is 0 Å². The van der Waals surface area contributed by atoms with Gasteiger partial charge in [-0.05, 0) is 19.4 Å². The van der Waals surface area contributed by atoms with E-state index in [0.717, 1.165) is 5.56 Å². The van der Waals surface area contributed by atoms with Gasteiger partial charge in [0.05, 0.1) is 6.04 Å². The molecule has 0 saturated carbocycles. The number of hydrogen-bond acceptors (Lipinski definition) is 2. The number of aryl methyl sites for hydroxylation is 1. The van der Waals surface area contributed by atoms with Gasteiger partial charge in [-0.3, -0.25) is 4.79 Å². The summed E-state index contributed by atoms with van der Waals surface area (Å²) < 4.78 is 4.84. The fraction of sp³-hybridized carbons (Fsp3) is 0.462. The Morgan fingerprint density at radius 2 is 1.94 bits per heavy atom. The molecule has 1 rings (SSSR count). The van der Waals surface area contributed by atoms with Crippen LogP contribution in [-0.4, -0.2) is 31.6 Å². The van der Waals surface area contributed by atoms with Gasteiger partial charge < -0.3 is 9.64 Å². The zero-order valence-corrected chi connectivity index (χ0v) is 10.4. The van der Waals surface area contributed by atoms with E-state index in [1.54, 1.807) is 11.9 Å². The third-order valence-corrected chi connectivity index (χ3v) is 2.80. The van der Waals surface area contributed by atoms with E-state index in [1.165, 1.54) is 12.7 Å². The minimum Gasteiger partial charge on any atom is -0.375 e. The quantitative estimate of drug-likeness (QED) is 0.779. The highest BCUT2D eigenvalue weighted by Crippen LogP contribution is 2.19. The Balaban J connectivity index is 2.73. The van der Waals surface area contributed by atoms with Crippen molar-refractivity contribution in [2.24, 2.45) is 0 Å². The molecule has 0 aliphatic rings. The van der Waals surface area contributed by atoms with Gasteiger partial charge in [0.2, 0.25) is 5.91 Å². The van der Waals surface area contributed by atoms with Gasteiger partial charge >= 0.3 is 0 Å². The molecule has 0 aliphatic carbocycles. The van der Waals surface area contributed by atoms with E-state index >= 15 is 0 Å². The number of rotatable bonds is 4. The smallest absolute Gasteiger partial charge is 0.248 e. The molecule has 0 aromatic heterocycles. The fourth-order valence-electron chi connectivity index (χ4n) is 1.51. The summed E-state index contributed by atoms with van der Waals surface area (Å²) in [6, 6.07) is 8.29. The van der Waals surface area contributed by atoms with Crippen molar-refractivity contribution in [2.75, 3.05) is 20.8 Å². The van der Waals surface area contributed by atoms with Crippen LogP contribution in [0.25, 0.3) is 0 Å². The van der Waals surface area contributed by atoms with Crippen LogP contribution in [0.15, 0.2) is 24.3 Å². The second kappa shape index (κ2) is 5.66. The van der Waals surface area contributed by atoms with Crippen LogP contribution in [0.4, 0.5) is 0 Å². The first-order chi connectivity index (χ1) is 7.56. The Morgan fingerprint density at radius 1 is 1.38 bits per heavy atom. The van der Waals surface area contributed by atoms with Gasteiger partial charge in [0, 0.05) is 14.2 Å². The van der Waals surface area contributed by atoms with Crippen LogP contribution in [0.2, 0.25) is 0 Å². The van der Waals surface area contributed by atoms with Crippen LogP contribution >= 0.6 is 0 Å². The number of hydrogen-bond donors (Lipinski definition) is 0. The Kier molecular flexibility index (Phi) is 4.50. The van der Waals surface area contributed by atoms with Crippen molar-refractivity contribution in [3.8, 4) is 0 Å². The van der Waals surface area contributed by atoms with E-state index in [1.807, 2.05) is 13.8 Å². The van der Waals surface area contributed by atoms with Gasteiger partial charge in [-0.25, -0.2) is 0 Å². The van der Waals surface area contributed by atoms with E-state index in [0.29, 0.717) is 0 Å². The van der Waals surface area contributed by atoms with Crippen molar-refractivity contribution < 1.29 is 9.53 Å². The lowest BCUT2D eigenvalue weighted by molar-refractivity contribution is -0.135. The monoisotopic (exact) mass is 221 g/mol. The van der Waals surface area contributed by atoms with Gasteiger partial charge in [-0.2, -0.15) is 0 Å². The summed E-state index contributed by atoms with van der Waals surface area (Å²) in [7, 11) is 3.33. The normalized spacial score (nSPS) is 12.2. The summed E-state index contributed by atoms with van der Waals surface area (Å²) >= 11 is 0. The van der Waals surface area contributed by atoms with E-state index in [9.17, 15) is 4.79 Å². The average molecular weight is 221 g/mol. The summed E-state index contributed by atoms with van der Waals surface area (Å²) in [5.74, 6) is -0.00410. The first-order valence-electron chi connectivity index (χ1n) is 5.37. The molecule has 1 aromatic rings. The minimum absolute atomic E-state index is 0.00410. The van der Waals surface area contributed by atoms with Crippen LogP contribution in [0.3, 0.4) is 0 Å². The number of nitrogens with zero attached hydrogens (tertiary/aromatic N) is 1. The molecule has 0 bridgehead atoms. The van der Waals surface area contributed by atoms with Crippen LogP contribution < -0.4 is 0 Å². The largest absolute Gasteiger partial charge is 0.375 e. The Bertz CT molecular complexity index is 345. The number of benzene rings is 1. The Morgan fingerprint density at radius 3 is 2.44 bits per heavy atom. The topological polar surface area (TPSA) is 29.5 Å². The molecule has 0 radical (unpaired) electrons. The second-order valence-electron chi connectivity index (χ2n) is 4.02. The summed E-state index contributed by atoms with van der Waals surface area (Å²) in [5.41, 5.74) is 2.36. The standard InChI is InChI=1S/C13H19NO2/c1-10-5-7-12(8-6-10)11(2)14(3)13(15)9-16-4/h5-8,11H,9H2,1-4H3. The van der Waals surface area contributed by atoms with Crippen molar-refractivity contribution in [3.05, 3.63) is 35.4 Å². The molecule has 88 valence electrons. The third kappa shape index (κ3) is 3.07. The van der Waals surface area contributed by atoms with E-state index in [-0.39, 0.29) is 18.6 Å². The van der Waals surface area contributed by atoms with E-state index in [4.69, 9.17) is 4.74 Å². The van der Waals surface area contributed by atoms with E-state index in [2.05, 4.69) is 24.3 Å². The summed E-state index contributed by atoms with van der Waals surface area (Å²) in [5, 5.41) is 0. The molecule has 0 saturated heterocycles. The highest BCUT2D eigenvalue weighted by Gasteiger charge is 2.16. The van der Waals surface area contributed by atoms with Gasteiger partial charge in [0.25, 0.3) is 0 Å². The van der Waals surface area contributed by atoms with Crippen molar-refractivity contribution in [1.82, 2.24) is 4.90 Å². The molecule has 3 heteroatoms. The molecule has 0 fully saturated rings.